The number of aromatic nitrogens is 3. The van der Waals surface area contributed by atoms with Crippen molar-refractivity contribution in [3.8, 4) is 0 Å². The smallest absolute Gasteiger partial charge is 0.328 e. The second-order valence-electron chi connectivity index (χ2n) is 5.80. The quantitative estimate of drug-likeness (QED) is 0.780. The van der Waals surface area contributed by atoms with Gasteiger partial charge in [-0.15, -0.1) is 0 Å². The largest absolute Gasteiger partial charge is 0.350 e. The lowest BCUT2D eigenvalue weighted by Crippen LogP contribution is -2.29. The van der Waals surface area contributed by atoms with Crippen LogP contribution >= 0.6 is 0 Å². The van der Waals surface area contributed by atoms with Gasteiger partial charge in [-0.2, -0.15) is 0 Å². The minimum atomic E-state index is -0.105. The van der Waals surface area contributed by atoms with E-state index in [0.717, 1.165) is 16.6 Å². The van der Waals surface area contributed by atoms with Gasteiger partial charge < -0.3 is 5.32 Å². The minimum absolute atomic E-state index is 0.0841. The van der Waals surface area contributed by atoms with Crippen molar-refractivity contribution in [1.82, 2.24) is 19.4 Å². The van der Waals surface area contributed by atoms with Crippen molar-refractivity contribution in [3.63, 3.8) is 0 Å². The molecule has 1 N–H and O–H groups in total. The van der Waals surface area contributed by atoms with Crippen molar-refractivity contribution in [2.45, 2.75) is 25.9 Å². The van der Waals surface area contributed by atoms with Crippen LogP contribution in [0.5, 0.6) is 0 Å². The fraction of sp³-hybridized carbons (Fsp3) is 0.278. The second kappa shape index (κ2) is 6.70. The lowest BCUT2D eigenvalue weighted by Gasteiger charge is -2.14. The summed E-state index contributed by atoms with van der Waals surface area (Å²) in [7, 11) is 1.74. The fourth-order valence-electron chi connectivity index (χ4n) is 2.84. The summed E-state index contributed by atoms with van der Waals surface area (Å²) >= 11 is 0. The molecule has 1 atom stereocenters. The van der Waals surface area contributed by atoms with Crippen molar-refractivity contribution in [2.75, 3.05) is 0 Å². The summed E-state index contributed by atoms with van der Waals surface area (Å²) in [5.74, 6) is -0.0841. The van der Waals surface area contributed by atoms with Crippen LogP contribution in [0.15, 0.2) is 53.6 Å². The number of benzene rings is 1. The Kier molecular flexibility index (Phi) is 4.46. The standard InChI is InChI=1S/C18H20N4O2/c1-13(14-7-10-19-11-8-14)20-17(23)9-12-22-16-6-4-3-5-15(16)21(2)18(22)24/h3-8,10-11,13H,9,12H2,1-2H3,(H,20,23)/t13-/m1/s1. The monoisotopic (exact) mass is 324 g/mol. The van der Waals surface area contributed by atoms with Gasteiger partial charge in [-0.25, -0.2) is 4.79 Å². The predicted molar refractivity (Wildman–Crippen MR) is 92.6 cm³/mol. The number of nitrogens with zero attached hydrogens (tertiary/aromatic N) is 3. The van der Waals surface area contributed by atoms with Crippen LogP contribution in [0.1, 0.15) is 24.9 Å². The third kappa shape index (κ3) is 3.08. The molecule has 0 fully saturated rings. The molecule has 0 saturated heterocycles. The molecule has 1 aromatic carbocycles. The molecule has 0 bridgehead atoms. The summed E-state index contributed by atoms with van der Waals surface area (Å²) in [6.45, 7) is 2.28. The van der Waals surface area contributed by atoms with Gasteiger partial charge >= 0.3 is 5.69 Å². The number of para-hydroxylation sites is 2. The molecule has 24 heavy (non-hydrogen) atoms. The topological polar surface area (TPSA) is 68.9 Å². The van der Waals surface area contributed by atoms with Gasteiger partial charge in [0, 0.05) is 32.4 Å². The number of hydrogen-bond acceptors (Lipinski definition) is 3. The SMILES string of the molecule is C[C@@H](NC(=O)CCn1c(=O)n(C)c2ccccc21)c1ccncc1. The van der Waals surface area contributed by atoms with Crippen LogP contribution in [-0.2, 0) is 18.4 Å². The first-order chi connectivity index (χ1) is 11.6. The first-order valence-electron chi connectivity index (χ1n) is 7.91. The Hall–Kier alpha value is -2.89. The number of carbonyl (C=O) groups is 1. The van der Waals surface area contributed by atoms with Crippen molar-refractivity contribution in [2.24, 2.45) is 7.05 Å². The zero-order chi connectivity index (χ0) is 17.1. The molecule has 2 heterocycles. The first kappa shape index (κ1) is 16.0. The highest BCUT2D eigenvalue weighted by Gasteiger charge is 2.13. The number of pyridine rings is 1. The van der Waals surface area contributed by atoms with Gasteiger partial charge in [0.05, 0.1) is 17.1 Å². The number of rotatable bonds is 5. The third-order valence-electron chi connectivity index (χ3n) is 4.20. The molecule has 2 aromatic heterocycles. The van der Waals surface area contributed by atoms with Gasteiger partial charge in [-0.05, 0) is 36.8 Å². The van der Waals surface area contributed by atoms with E-state index in [4.69, 9.17) is 0 Å². The highest BCUT2D eigenvalue weighted by Crippen LogP contribution is 2.13. The van der Waals surface area contributed by atoms with Crippen molar-refractivity contribution in [1.29, 1.82) is 0 Å². The van der Waals surface area contributed by atoms with E-state index in [-0.39, 0.29) is 24.1 Å². The number of carbonyl (C=O) groups excluding carboxylic acids is 1. The lowest BCUT2D eigenvalue weighted by molar-refractivity contribution is -0.121. The summed E-state index contributed by atoms with van der Waals surface area (Å²) in [4.78, 5) is 28.5. The number of amides is 1. The van der Waals surface area contributed by atoms with Crippen LogP contribution in [0, 0.1) is 0 Å². The number of hydrogen-bond donors (Lipinski definition) is 1. The molecule has 0 unspecified atom stereocenters. The van der Waals surface area contributed by atoms with E-state index in [1.165, 1.54) is 0 Å². The van der Waals surface area contributed by atoms with Gasteiger partial charge in [0.1, 0.15) is 0 Å². The average Bonchev–Trinajstić information content (AvgIpc) is 2.85. The Labute approximate surface area is 139 Å². The maximum atomic E-state index is 12.3. The zero-order valence-corrected chi connectivity index (χ0v) is 13.8. The Bertz CT molecular complexity index is 912. The van der Waals surface area contributed by atoms with Crippen LogP contribution in [0.3, 0.4) is 0 Å². The van der Waals surface area contributed by atoms with E-state index >= 15 is 0 Å². The molecule has 6 heteroatoms. The molecule has 0 saturated carbocycles. The summed E-state index contributed by atoms with van der Waals surface area (Å²) in [6, 6.07) is 11.2. The minimum Gasteiger partial charge on any atom is -0.350 e. The third-order valence-corrected chi connectivity index (χ3v) is 4.20. The summed E-state index contributed by atoms with van der Waals surface area (Å²) in [5, 5.41) is 2.95. The van der Waals surface area contributed by atoms with Gasteiger partial charge in [-0.1, -0.05) is 12.1 Å². The summed E-state index contributed by atoms with van der Waals surface area (Å²) in [6.07, 6.45) is 3.66. The summed E-state index contributed by atoms with van der Waals surface area (Å²) < 4.78 is 3.25. The predicted octanol–water partition coefficient (Wildman–Crippen LogP) is 2.00. The van der Waals surface area contributed by atoms with Crippen LogP contribution in [0.2, 0.25) is 0 Å². The Morgan fingerprint density at radius 1 is 1.17 bits per heavy atom. The number of aryl methyl sites for hydroxylation is 2. The molecule has 0 spiro atoms. The zero-order valence-electron chi connectivity index (χ0n) is 13.8. The maximum Gasteiger partial charge on any atom is 0.328 e. The average molecular weight is 324 g/mol. The molecule has 3 aromatic rings. The molecular formula is C18H20N4O2. The van der Waals surface area contributed by atoms with Crippen molar-refractivity contribution < 1.29 is 4.79 Å². The lowest BCUT2D eigenvalue weighted by atomic mass is 10.1. The van der Waals surface area contributed by atoms with Gasteiger partial charge in [0.2, 0.25) is 5.91 Å². The van der Waals surface area contributed by atoms with E-state index in [1.54, 1.807) is 28.6 Å². The van der Waals surface area contributed by atoms with Crippen LogP contribution in [-0.4, -0.2) is 20.0 Å². The van der Waals surface area contributed by atoms with Crippen molar-refractivity contribution in [3.05, 3.63) is 64.8 Å². The van der Waals surface area contributed by atoms with Gasteiger partial charge in [0.25, 0.3) is 0 Å². The Balaban J connectivity index is 1.69. The van der Waals surface area contributed by atoms with E-state index in [0.29, 0.717) is 6.54 Å². The second-order valence-corrected chi connectivity index (χ2v) is 5.80. The first-order valence-corrected chi connectivity index (χ1v) is 7.91. The molecule has 0 radical (unpaired) electrons. The van der Waals surface area contributed by atoms with Gasteiger partial charge in [-0.3, -0.25) is 18.9 Å². The van der Waals surface area contributed by atoms with E-state index < -0.39 is 0 Å². The normalized spacial score (nSPS) is 12.2. The number of nitrogens with one attached hydrogen (secondary N) is 1. The Morgan fingerprint density at radius 3 is 2.54 bits per heavy atom. The molecule has 124 valence electrons. The highest BCUT2D eigenvalue weighted by atomic mass is 16.2. The van der Waals surface area contributed by atoms with E-state index in [9.17, 15) is 9.59 Å². The van der Waals surface area contributed by atoms with Crippen LogP contribution in [0.4, 0.5) is 0 Å². The fourth-order valence-corrected chi connectivity index (χ4v) is 2.84. The van der Waals surface area contributed by atoms with Crippen LogP contribution < -0.4 is 11.0 Å². The van der Waals surface area contributed by atoms with Gasteiger partial charge in [0.15, 0.2) is 0 Å². The maximum absolute atomic E-state index is 12.3. The van der Waals surface area contributed by atoms with Crippen LogP contribution in [0.25, 0.3) is 11.0 Å². The van der Waals surface area contributed by atoms with E-state index in [1.807, 2.05) is 43.3 Å². The molecule has 0 aliphatic rings. The molecule has 0 aliphatic heterocycles. The van der Waals surface area contributed by atoms with E-state index in [2.05, 4.69) is 10.3 Å². The highest BCUT2D eigenvalue weighted by molar-refractivity contribution is 5.78. The molecule has 1 amide bonds. The summed E-state index contributed by atoms with van der Waals surface area (Å²) in [5.41, 5.74) is 2.61. The molecular weight excluding hydrogens is 304 g/mol. The molecule has 6 nitrogen and oxygen atoms in total. The molecule has 0 aliphatic carbocycles. The number of fused-ring (bicyclic) bond motifs is 1. The Morgan fingerprint density at radius 2 is 1.83 bits per heavy atom. The number of imidazole rings is 1. The van der Waals surface area contributed by atoms with Crippen molar-refractivity contribution >= 4 is 16.9 Å². The molecule has 3 rings (SSSR count).